The van der Waals surface area contributed by atoms with E-state index in [0.29, 0.717) is 17.1 Å². The van der Waals surface area contributed by atoms with Crippen molar-refractivity contribution in [3.8, 4) is 0 Å². The van der Waals surface area contributed by atoms with Crippen LogP contribution in [-0.2, 0) is 14.3 Å². The van der Waals surface area contributed by atoms with Crippen LogP contribution in [0.2, 0.25) is 0 Å². The number of hydrogen-bond donors (Lipinski definition) is 0. The number of nitrogens with zero attached hydrogens (tertiary/aromatic N) is 1. The maximum absolute atomic E-state index is 12.6. The fourth-order valence-electron chi connectivity index (χ4n) is 3.07. The average Bonchev–Trinajstić information content (AvgIpc) is 3.30. The van der Waals surface area contributed by atoms with Gasteiger partial charge in [-0.1, -0.05) is 17.7 Å². The highest BCUT2D eigenvalue weighted by atomic mass is 32.2. The Kier molecular flexibility index (Phi) is 5.70. The molecule has 2 heterocycles. The quantitative estimate of drug-likeness (QED) is 0.579. The van der Waals surface area contributed by atoms with Crippen LogP contribution in [0.4, 0.5) is 0 Å². The molecule has 2 atom stereocenters. The molecule has 0 radical (unpaired) electrons. The molecule has 1 amide bonds. The van der Waals surface area contributed by atoms with Gasteiger partial charge in [-0.05, 0) is 37.6 Å². The van der Waals surface area contributed by atoms with Gasteiger partial charge in [-0.15, -0.1) is 11.8 Å². The number of benzene rings is 1. The predicted molar refractivity (Wildman–Crippen MR) is 101 cm³/mol. The number of Topliss-reactive ketones (excluding diaryl/α,β-unsaturated/α-hetero) is 1. The number of carbonyl (C=O) groups is 3. The Morgan fingerprint density at radius 3 is 2.70 bits per heavy atom. The lowest BCUT2D eigenvalue weighted by Gasteiger charge is -2.25. The zero-order valence-electron chi connectivity index (χ0n) is 15.4. The molecule has 1 aliphatic rings. The van der Waals surface area contributed by atoms with Crippen LogP contribution in [0.15, 0.2) is 41.0 Å². The Balaban J connectivity index is 1.67. The summed E-state index contributed by atoms with van der Waals surface area (Å²) in [6, 6.07) is 8.34. The topological polar surface area (TPSA) is 76.8 Å². The highest BCUT2D eigenvalue weighted by Gasteiger charge is 2.43. The van der Waals surface area contributed by atoms with Gasteiger partial charge < -0.3 is 14.1 Å². The normalized spacial score (nSPS) is 19.1. The lowest BCUT2D eigenvalue weighted by molar-refractivity contribution is -0.152. The summed E-state index contributed by atoms with van der Waals surface area (Å²) in [6.45, 7) is 4.80. The summed E-state index contributed by atoms with van der Waals surface area (Å²) in [5.41, 5.74) is 2.34. The van der Waals surface area contributed by atoms with Crippen molar-refractivity contribution >= 4 is 29.4 Å². The van der Waals surface area contributed by atoms with Gasteiger partial charge in [0.1, 0.15) is 17.2 Å². The van der Waals surface area contributed by atoms with Crippen LogP contribution < -0.4 is 0 Å². The number of carbonyl (C=O) groups excluding carboxylic acids is 3. The molecule has 1 saturated heterocycles. The molecule has 0 bridgehead atoms. The molecule has 3 rings (SSSR count). The second kappa shape index (κ2) is 8.00. The van der Waals surface area contributed by atoms with Crippen LogP contribution in [0.5, 0.6) is 0 Å². The second-order valence-corrected chi connectivity index (χ2v) is 7.61. The lowest BCUT2D eigenvalue weighted by atomic mass is 10.0. The van der Waals surface area contributed by atoms with E-state index in [-0.39, 0.29) is 23.7 Å². The number of ether oxygens (including phenoxy) is 1. The van der Waals surface area contributed by atoms with Crippen molar-refractivity contribution in [2.45, 2.75) is 32.2 Å². The van der Waals surface area contributed by atoms with Crippen molar-refractivity contribution in [3.05, 3.63) is 59.0 Å². The Morgan fingerprint density at radius 2 is 2.04 bits per heavy atom. The lowest BCUT2D eigenvalue weighted by Crippen LogP contribution is -2.43. The molecule has 2 aromatic rings. The number of esters is 1. The second-order valence-electron chi connectivity index (χ2n) is 6.49. The number of aryl methyl sites for hydroxylation is 2. The minimum Gasteiger partial charge on any atom is -0.466 e. The first-order valence-corrected chi connectivity index (χ1v) is 9.64. The van der Waals surface area contributed by atoms with E-state index < -0.39 is 12.0 Å². The van der Waals surface area contributed by atoms with Crippen LogP contribution >= 0.6 is 11.8 Å². The third-order valence-electron chi connectivity index (χ3n) is 4.46. The zero-order chi connectivity index (χ0) is 19.6. The van der Waals surface area contributed by atoms with Crippen molar-refractivity contribution in [3.63, 3.8) is 0 Å². The zero-order valence-corrected chi connectivity index (χ0v) is 16.2. The summed E-state index contributed by atoms with van der Waals surface area (Å²) in [7, 11) is 0. The molecule has 0 saturated carbocycles. The first-order chi connectivity index (χ1) is 12.9. The van der Waals surface area contributed by atoms with Gasteiger partial charge in [0.05, 0.1) is 6.26 Å². The van der Waals surface area contributed by atoms with Gasteiger partial charge in [0, 0.05) is 18.2 Å². The summed E-state index contributed by atoms with van der Waals surface area (Å²) in [5, 5.41) is -0.371. The molecule has 0 aliphatic carbocycles. The molecule has 1 aromatic carbocycles. The van der Waals surface area contributed by atoms with E-state index in [2.05, 4.69) is 0 Å². The molecular formula is C20H21NO5S. The fraction of sp³-hybridized carbons (Fsp3) is 0.350. The largest absolute Gasteiger partial charge is 0.466 e. The third-order valence-corrected chi connectivity index (χ3v) is 5.75. The molecule has 142 valence electrons. The molecule has 1 aromatic heterocycles. The smallest absolute Gasteiger partial charge is 0.330 e. The minimum absolute atomic E-state index is 0.246. The predicted octanol–water partition coefficient (Wildman–Crippen LogP) is 3.29. The SMILES string of the molecule is CC(=O)N1[C@@H](c2ccco2)SC[C@H]1C(=O)OCC(=O)c1cc(C)ccc1C. The molecule has 7 heteroatoms. The maximum Gasteiger partial charge on any atom is 0.330 e. The fourth-order valence-corrected chi connectivity index (χ4v) is 4.49. The Hall–Kier alpha value is -2.54. The van der Waals surface area contributed by atoms with E-state index in [4.69, 9.17) is 9.15 Å². The summed E-state index contributed by atoms with van der Waals surface area (Å²) in [4.78, 5) is 38.5. The number of furan rings is 1. The minimum atomic E-state index is -0.742. The van der Waals surface area contributed by atoms with Crippen molar-refractivity contribution in [1.82, 2.24) is 4.90 Å². The van der Waals surface area contributed by atoms with Gasteiger partial charge in [-0.2, -0.15) is 0 Å². The van der Waals surface area contributed by atoms with Crippen molar-refractivity contribution in [1.29, 1.82) is 0 Å². The first-order valence-electron chi connectivity index (χ1n) is 8.59. The number of hydrogen-bond acceptors (Lipinski definition) is 6. The number of ketones is 1. The third kappa shape index (κ3) is 4.08. The maximum atomic E-state index is 12.6. The Labute approximate surface area is 161 Å². The van der Waals surface area contributed by atoms with E-state index in [1.807, 2.05) is 26.0 Å². The monoisotopic (exact) mass is 387 g/mol. The van der Waals surface area contributed by atoms with Crippen LogP contribution in [0.1, 0.15) is 39.5 Å². The van der Waals surface area contributed by atoms with E-state index in [1.54, 1.807) is 18.2 Å². The summed E-state index contributed by atoms with van der Waals surface area (Å²) in [5.74, 6) is -0.0831. The molecule has 0 N–H and O–H groups in total. The average molecular weight is 387 g/mol. The standard InChI is InChI=1S/C20H21NO5S/c1-12-6-7-13(2)15(9-12)17(23)10-26-20(24)16-11-27-19(21(16)14(3)22)18-5-4-8-25-18/h4-9,16,19H,10-11H2,1-3H3/t16-,19+/m0/s1. The molecule has 1 aliphatic heterocycles. The van der Waals surface area contributed by atoms with Gasteiger partial charge in [0.25, 0.3) is 0 Å². The number of thioether (sulfide) groups is 1. The van der Waals surface area contributed by atoms with Crippen molar-refractivity contribution in [2.75, 3.05) is 12.4 Å². The van der Waals surface area contributed by atoms with Gasteiger partial charge >= 0.3 is 5.97 Å². The van der Waals surface area contributed by atoms with E-state index in [0.717, 1.165) is 11.1 Å². The molecule has 0 unspecified atom stereocenters. The van der Waals surface area contributed by atoms with Gasteiger partial charge in [0.15, 0.2) is 6.61 Å². The molecule has 1 fully saturated rings. The molecule has 0 spiro atoms. The van der Waals surface area contributed by atoms with E-state index in [9.17, 15) is 14.4 Å². The van der Waals surface area contributed by atoms with Crippen molar-refractivity contribution < 1.29 is 23.5 Å². The van der Waals surface area contributed by atoms with Crippen LogP contribution in [0.3, 0.4) is 0 Å². The number of rotatable bonds is 5. The molecule has 6 nitrogen and oxygen atoms in total. The van der Waals surface area contributed by atoms with Gasteiger partial charge in [0.2, 0.25) is 11.7 Å². The van der Waals surface area contributed by atoms with E-state index >= 15 is 0 Å². The van der Waals surface area contributed by atoms with Gasteiger partial charge in [-0.3, -0.25) is 9.59 Å². The van der Waals surface area contributed by atoms with E-state index in [1.165, 1.54) is 29.8 Å². The summed E-state index contributed by atoms with van der Waals surface area (Å²) in [6.07, 6.45) is 1.53. The molecular weight excluding hydrogens is 366 g/mol. The van der Waals surface area contributed by atoms with Gasteiger partial charge in [-0.25, -0.2) is 4.79 Å². The van der Waals surface area contributed by atoms with Crippen molar-refractivity contribution in [2.24, 2.45) is 0 Å². The van der Waals surface area contributed by atoms with Crippen LogP contribution in [0.25, 0.3) is 0 Å². The molecule has 27 heavy (non-hydrogen) atoms. The highest BCUT2D eigenvalue weighted by Crippen LogP contribution is 2.41. The summed E-state index contributed by atoms with van der Waals surface area (Å²) < 4.78 is 10.6. The highest BCUT2D eigenvalue weighted by molar-refractivity contribution is 7.99. The number of amides is 1. The first kappa shape index (κ1) is 19.2. The Morgan fingerprint density at radius 1 is 1.26 bits per heavy atom. The Bertz CT molecular complexity index is 861. The summed E-state index contributed by atoms with van der Waals surface area (Å²) >= 11 is 1.43. The van der Waals surface area contributed by atoms with Crippen LogP contribution in [0, 0.1) is 13.8 Å². The van der Waals surface area contributed by atoms with Crippen LogP contribution in [-0.4, -0.2) is 41.0 Å².